The first kappa shape index (κ1) is 13.6. The fourth-order valence-corrected chi connectivity index (χ4v) is 2.79. The quantitative estimate of drug-likeness (QED) is 0.883. The Bertz CT molecular complexity index is 363. The highest BCUT2D eigenvalue weighted by Crippen LogP contribution is 2.27. The van der Waals surface area contributed by atoms with Crippen molar-refractivity contribution in [1.29, 1.82) is 0 Å². The third-order valence-corrected chi connectivity index (χ3v) is 3.97. The SMILES string of the molecule is COCC(C)(C)c1ccc(C2CCCNC2)cc1. The van der Waals surface area contributed by atoms with Gasteiger partial charge in [-0.05, 0) is 36.4 Å². The van der Waals surface area contributed by atoms with Gasteiger partial charge in [0.25, 0.3) is 0 Å². The van der Waals surface area contributed by atoms with E-state index in [0.717, 1.165) is 13.2 Å². The smallest absolute Gasteiger partial charge is 0.0553 e. The monoisotopic (exact) mass is 247 g/mol. The van der Waals surface area contributed by atoms with Gasteiger partial charge in [-0.25, -0.2) is 0 Å². The number of rotatable bonds is 4. The molecule has 0 aliphatic carbocycles. The standard InChI is InChI=1S/C16H25NO/c1-16(2,12-18-3)15-8-6-13(7-9-15)14-5-4-10-17-11-14/h6-9,14,17H,4-5,10-12H2,1-3H3. The maximum absolute atomic E-state index is 5.30. The zero-order chi connectivity index (χ0) is 13.0. The van der Waals surface area contributed by atoms with Crippen molar-refractivity contribution in [3.8, 4) is 0 Å². The minimum atomic E-state index is 0.0953. The largest absolute Gasteiger partial charge is 0.384 e. The molecule has 0 amide bonds. The first-order valence-corrected chi connectivity index (χ1v) is 6.93. The highest BCUT2D eigenvalue weighted by molar-refractivity contribution is 5.30. The maximum atomic E-state index is 5.30. The second-order valence-corrected chi connectivity index (χ2v) is 5.98. The number of benzene rings is 1. The van der Waals surface area contributed by atoms with Crippen LogP contribution in [0.2, 0.25) is 0 Å². The van der Waals surface area contributed by atoms with E-state index in [2.05, 4.69) is 43.4 Å². The predicted molar refractivity (Wildman–Crippen MR) is 76.2 cm³/mol. The topological polar surface area (TPSA) is 21.3 Å². The number of hydrogen-bond acceptors (Lipinski definition) is 2. The number of methoxy groups -OCH3 is 1. The Morgan fingerprint density at radius 2 is 2.00 bits per heavy atom. The molecule has 1 aromatic carbocycles. The summed E-state index contributed by atoms with van der Waals surface area (Å²) in [5.74, 6) is 0.693. The van der Waals surface area contributed by atoms with Crippen molar-refractivity contribution >= 4 is 0 Å². The molecule has 1 aliphatic rings. The molecular weight excluding hydrogens is 222 g/mol. The average molecular weight is 247 g/mol. The van der Waals surface area contributed by atoms with Crippen LogP contribution in [-0.2, 0) is 10.2 Å². The van der Waals surface area contributed by atoms with Gasteiger partial charge in [-0.15, -0.1) is 0 Å². The molecule has 0 aromatic heterocycles. The molecule has 1 unspecified atom stereocenters. The Hall–Kier alpha value is -0.860. The van der Waals surface area contributed by atoms with E-state index in [1.165, 1.54) is 30.5 Å². The van der Waals surface area contributed by atoms with E-state index in [9.17, 15) is 0 Å². The lowest BCUT2D eigenvalue weighted by Crippen LogP contribution is -2.28. The average Bonchev–Trinajstić information content (AvgIpc) is 2.40. The van der Waals surface area contributed by atoms with Gasteiger partial charge in [-0.3, -0.25) is 0 Å². The van der Waals surface area contributed by atoms with Crippen molar-refractivity contribution in [1.82, 2.24) is 5.32 Å². The van der Waals surface area contributed by atoms with Crippen LogP contribution in [0.25, 0.3) is 0 Å². The molecule has 1 aliphatic heterocycles. The van der Waals surface area contributed by atoms with Gasteiger partial charge in [0.15, 0.2) is 0 Å². The first-order valence-electron chi connectivity index (χ1n) is 6.93. The van der Waals surface area contributed by atoms with E-state index in [1.54, 1.807) is 7.11 Å². The summed E-state index contributed by atoms with van der Waals surface area (Å²) in [5, 5.41) is 3.48. The summed E-state index contributed by atoms with van der Waals surface area (Å²) in [6, 6.07) is 9.13. The first-order chi connectivity index (χ1) is 8.63. The highest BCUT2D eigenvalue weighted by atomic mass is 16.5. The minimum absolute atomic E-state index is 0.0953. The third-order valence-electron chi connectivity index (χ3n) is 3.97. The van der Waals surface area contributed by atoms with Crippen LogP contribution in [0.15, 0.2) is 24.3 Å². The minimum Gasteiger partial charge on any atom is -0.384 e. The summed E-state index contributed by atoms with van der Waals surface area (Å²) in [6.07, 6.45) is 2.61. The normalized spacial score (nSPS) is 20.9. The molecule has 1 heterocycles. The molecule has 2 nitrogen and oxygen atoms in total. The molecule has 18 heavy (non-hydrogen) atoms. The fourth-order valence-electron chi connectivity index (χ4n) is 2.79. The van der Waals surface area contributed by atoms with Gasteiger partial charge < -0.3 is 10.1 Å². The summed E-state index contributed by atoms with van der Waals surface area (Å²) in [4.78, 5) is 0. The molecule has 0 spiro atoms. The van der Waals surface area contributed by atoms with E-state index in [1.807, 2.05) is 0 Å². The zero-order valence-electron chi connectivity index (χ0n) is 11.8. The van der Waals surface area contributed by atoms with Gasteiger partial charge in [0.05, 0.1) is 6.61 Å². The molecule has 100 valence electrons. The maximum Gasteiger partial charge on any atom is 0.0553 e. The molecular formula is C16H25NO. The molecule has 0 radical (unpaired) electrons. The molecule has 1 N–H and O–H groups in total. The van der Waals surface area contributed by atoms with E-state index in [4.69, 9.17) is 4.74 Å². The lowest BCUT2D eigenvalue weighted by molar-refractivity contribution is 0.146. The Morgan fingerprint density at radius 1 is 1.28 bits per heavy atom. The lowest BCUT2D eigenvalue weighted by Gasteiger charge is -2.26. The van der Waals surface area contributed by atoms with Crippen molar-refractivity contribution in [3.05, 3.63) is 35.4 Å². The van der Waals surface area contributed by atoms with Crippen LogP contribution < -0.4 is 5.32 Å². The van der Waals surface area contributed by atoms with Crippen molar-refractivity contribution in [2.75, 3.05) is 26.8 Å². The molecule has 1 saturated heterocycles. The molecule has 0 bridgehead atoms. The molecule has 1 atom stereocenters. The fraction of sp³-hybridized carbons (Fsp3) is 0.625. The van der Waals surface area contributed by atoms with E-state index in [0.29, 0.717) is 5.92 Å². The van der Waals surface area contributed by atoms with Gasteiger partial charge in [-0.2, -0.15) is 0 Å². The second-order valence-electron chi connectivity index (χ2n) is 5.98. The van der Waals surface area contributed by atoms with Crippen LogP contribution in [0, 0.1) is 0 Å². The van der Waals surface area contributed by atoms with Crippen LogP contribution in [0.3, 0.4) is 0 Å². The lowest BCUT2D eigenvalue weighted by atomic mass is 9.83. The molecule has 1 fully saturated rings. The van der Waals surface area contributed by atoms with Crippen molar-refractivity contribution in [2.45, 2.75) is 38.0 Å². The van der Waals surface area contributed by atoms with Gasteiger partial charge in [0.2, 0.25) is 0 Å². The molecule has 1 aromatic rings. The van der Waals surface area contributed by atoms with Crippen LogP contribution in [0.1, 0.15) is 43.7 Å². The van der Waals surface area contributed by atoms with Gasteiger partial charge >= 0.3 is 0 Å². The Labute approximate surface area is 111 Å². The summed E-state index contributed by atoms with van der Waals surface area (Å²) in [6.45, 7) is 7.52. The van der Waals surface area contributed by atoms with Crippen molar-refractivity contribution in [3.63, 3.8) is 0 Å². The second kappa shape index (κ2) is 5.85. The summed E-state index contributed by atoms with van der Waals surface area (Å²) >= 11 is 0. The van der Waals surface area contributed by atoms with Crippen LogP contribution in [0.4, 0.5) is 0 Å². The predicted octanol–water partition coefficient (Wildman–Crippen LogP) is 3.08. The number of nitrogens with one attached hydrogen (secondary N) is 1. The molecule has 0 saturated carbocycles. The van der Waals surface area contributed by atoms with Crippen molar-refractivity contribution in [2.24, 2.45) is 0 Å². The molecule has 2 rings (SSSR count). The summed E-state index contributed by atoms with van der Waals surface area (Å²) in [7, 11) is 1.77. The van der Waals surface area contributed by atoms with Crippen LogP contribution >= 0.6 is 0 Å². The number of hydrogen-bond donors (Lipinski definition) is 1. The third kappa shape index (κ3) is 3.12. The van der Waals surface area contributed by atoms with Crippen LogP contribution in [0.5, 0.6) is 0 Å². The number of piperidine rings is 1. The number of ether oxygens (including phenoxy) is 1. The van der Waals surface area contributed by atoms with Crippen LogP contribution in [-0.4, -0.2) is 26.8 Å². The van der Waals surface area contributed by atoms with Gasteiger partial charge in [0, 0.05) is 19.1 Å². The van der Waals surface area contributed by atoms with E-state index < -0.39 is 0 Å². The summed E-state index contributed by atoms with van der Waals surface area (Å²) < 4.78 is 5.30. The molecule has 2 heteroatoms. The van der Waals surface area contributed by atoms with E-state index >= 15 is 0 Å². The Kier molecular flexibility index (Phi) is 4.41. The van der Waals surface area contributed by atoms with Gasteiger partial charge in [0.1, 0.15) is 0 Å². The van der Waals surface area contributed by atoms with Gasteiger partial charge in [-0.1, -0.05) is 38.1 Å². The zero-order valence-corrected chi connectivity index (χ0v) is 11.8. The van der Waals surface area contributed by atoms with Crippen molar-refractivity contribution < 1.29 is 4.74 Å². The van der Waals surface area contributed by atoms with E-state index in [-0.39, 0.29) is 5.41 Å². The highest BCUT2D eigenvalue weighted by Gasteiger charge is 2.21. The Balaban J connectivity index is 2.09. The Morgan fingerprint density at radius 3 is 2.56 bits per heavy atom. The summed E-state index contributed by atoms with van der Waals surface area (Å²) in [5.41, 5.74) is 2.92.